The number of aryl methyl sites for hydroxylation is 1. The summed E-state index contributed by atoms with van der Waals surface area (Å²) in [6.45, 7) is 1.98. The molecule has 0 radical (unpaired) electrons. The van der Waals surface area contributed by atoms with E-state index in [1.54, 1.807) is 18.9 Å². The van der Waals surface area contributed by atoms with Crippen LogP contribution in [0.4, 0.5) is 0 Å². The molecule has 1 atom stereocenters. The van der Waals surface area contributed by atoms with Gasteiger partial charge in [0.2, 0.25) is 0 Å². The zero-order valence-corrected chi connectivity index (χ0v) is 12.2. The van der Waals surface area contributed by atoms with Gasteiger partial charge in [0.1, 0.15) is 11.9 Å². The van der Waals surface area contributed by atoms with Gasteiger partial charge in [-0.25, -0.2) is 0 Å². The monoisotopic (exact) mass is 274 g/mol. The molecule has 0 amide bonds. The third-order valence-corrected chi connectivity index (χ3v) is 3.91. The second kappa shape index (κ2) is 6.13. The molecule has 1 unspecified atom stereocenters. The van der Waals surface area contributed by atoms with Gasteiger partial charge in [0.15, 0.2) is 0 Å². The fourth-order valence-corrected chi connectivity index (χ4v) is 2.46. The molecule has 0 aliphatic heterocycles. The lowest BCUT2D eigenvalue weighted by Gasteiger charge is -2.14. The zero-order valence-electron chi connectivity index (χ0n) is 11.4. The minimum atomic E-state index is -0.597. The first-order chi connectivity index (χ1) is 9.15. The smallest absolute Gasteiger partial charge is 0.121 e. The molecule has 2 nitrogen and oxygen atoms in total. The number of rotatable bonds is 4. The van der Waals surface area contributed by atoms with Crippen molar-refractivity contribution >= 4 is 11.8 Å². The van der Waals surface area contributed by atoms with Crippen molar-refractivity contribution in [2.75, 3.05) is 13.4 Å². The van der Waals surface area contributed by atoms with Gasteiger partial charge < -0.3 is 9.84 Å². The molecule has 0 saturated heterocycles. The fourth-order valence-electron chi connectivity index (χ4n) is 2.05. The quantitative estimate of drug-likeness (QED) is 0.860. The molecule has 19 heavy (non-hydrogen) atoms. The summed E-state index contributed by atoms with van der Waals surface area (Å²) >= 11 is 1.69. The van der Waals surface area contributed by atoms with Crippen LogP contribution in [0.3, 0.4) is 0 Å². The molecule has 3 heteroatoms. The number of hydrogen-bond acceptors (Lipinski definition) is 3. The van der Waals surface area contributed by atoms with Gasteiger partial charge in [0.05, 0.1) is 7.11 Å². The van der Waals surface area contributed by atoms with Crippen LogP contribution in [0.25, 0.3) is 0 Å². The van der Waals surface area contributed by atoms with Crippen molar-refractivity contribution in [1.29, 1.82) is 0 Å². The Bertz CT molecular complexity index is 549. The molecule has 0 bridgehead atoms. The van der Waals surface area contributed by atoms with Crippen molar-refractivity contribution in [2.45, 2.75) is 17.9 Å². The van der Waals surface area contributed by atoms with Crippen LogP contribution in [0.2, 0.25) is 0 Å². The van der Waals surface area contributed by atoms with Gasteiger partial charge in [0, 0.05) is 4.90 Å². The number of ether oxygens (including phenoxy) is 1. The summed E-state index contributed by atoms with van der Waals surface area (Å²) in [6, 6.07) is 13.8. The maximum absolute atomic E-state index is 10.4. The molecular formula is C16H18O2S. The van der Waals surface area contributed by atoms with E-state index in [0.29, 0.717) is 0 Å². The standard InChI is InChI=1S/C16H18O2S/c1-11-10-13(6-9-15(11)18-2)16(17)12-4-7-14(19-3)8-5-12/h4-10,16-17H,1-3H3. The summed E-state index contributed by atoms with van der Waals surface area (Å²) in [7, 11) is 1.65. The third kappa shape index (κ3) is 3.11. The van der Waals surface area contributed by atoms with Crippen molar-refractivity contribution in [2.24, 2.45) is 0 Å². The predicted molar refractivity (Wildman–Crippen MR) is 80.0 cm³/mol. The van der Waals surface area contributed by atoms with Crippen LogP contribution in [0.5, 0.6) is 5.75 Å². The highest BCUT2D eigenvalue weighted by molar-refractivity contribution is 7.98. The van der Waals surface area contributed by atoms with Crippen LogP contribution in [-0.4, -0.2) is 18.5 Å². The van der Waals surface area contributed by atoms with Gasteiger partial charge >= 0.3 is 0 Å². The normalized spacial score (nSPS) is 12.2. The molecule has 2 aromatic carbocycles. The largest absolute Gasteiger partial charge is 0.496 e. The van der Waals surface area contributed by atoms with Crippen molar-refractivity contribution in [3.63, 3.8) is 0 Å². The van der Waals surface area contributed by atoms with Gasteiger partial charge in [-0.3, -0.25) is 0 Å². The molecule has 0 aliphatic rings. The van der Waals surface area contributed by atoms with Crippen molar-refractivity contribution in [1.82, 2.24) is 0 Å². The molecular weight excluding hydrogens is 256 g/mol. The first kappa shape index (κ1) is 14.0. The summed E-state index contributed by atoms with van der Waals surface area (Å²) in [4.78, 5) is 1.20. The van der Waals surface area contributed by atoms with Crippen molar-refractivity contribution in [3.8, 4) is 5.75 Å². The van der Waals surface area contributed by atoms with Gasteiger partial charge in [-0.1, -0.05) is 18.2 Å². The zero-order chi connectivity index (χ0) is 13.8. The molecule has 2 aromatic rings. The average Bonchev–Trinajstić information content (AvgIpc) is 2.46. The number of hydrogen-bond donors (Lipinski definition) is 1. The van der Waals surface area contributed by atoms with E-state index in [-0.39, 0.29) is 0 Å². The highest BCUT2D eigenvalue weighted by Gasteiger charge is 2.11. The Morgan fingerprint density at radius 3 is 2.21 bits per heavy atom. The lowest BCUT2D eigenvalue weighted by Crippen LogP contribution is -2.00. The number of methoxy groups -OCH3 is 1. The second-order valence-electron chi connectivity index (χ2n) is 4.40. The van der Waals surface area contributed by atoms with E-state index in [2.05, 4.69) is 0 Å². The lowest BCUT2D eigenvalue weighted by molar-refractivity contribution is 0.220. The highest BCUT2D eigenvalue weighted by atomic mass is 32.2. The van der Waals surface area contributed by atoms with Crippen LogP contribution >= 0.6 is 11.8 Å². The molecule has 0 aliphatic carbocycles. The van der Waals surface area contributed by atoms with E-state index >= 15 is 0 Å². The van der Waals surface area contributed by atoms with E-state index in [0.717, 1.165) is 22.4 Å². The van der Waals surface area contributed by atoms with E-state index in [9.17, 15) is 5.11 Å². The SMILES string of the molecule is COc1ccc(C(O)c2ccc(SC)cc2)cc1C. The van der Waals surface area contributed by atoms with Gasteiger partial charge in [0.25, 0.3) is 0 Å². The topological polar surface area (TPSA) is 29.5 Å². The van der Waals surface area contributed by atoms with Crippen LogP contribution in [-0.2, 0) is 0 Å². The molecule has 0 fully saturated rings. The molecule has 0 saturated carbocycles. The van der Waals surface area contributed by atoms with E-state index in [1.165, 1.54) is 4.90 Å². The number of aliphatic hydroxyl groups excluding tert-OH is 1. The second-order valence-corrected chi connectivity index (χ2v) is 5.28. The van der Waals surface area contributed by atoms with Crippen molar-refractivity contribution in [3.05, 3.63) is 59.2 Å². The van der Waals surface area contributed by atoms with E-state index in [4.69, 9.17) is 4.74 Å². The molecule has 100 valence electrons. The van der Waals surface area contributed by atoms with Crippen LogP contribution < -0.4 is 4.74 Å². The Morgan fingerprint density at radius 1 is 1.05 bits per heavy atom. The van der Waals surface area contributed by atoms with E-state index < -0.39 is 6.10 Å². The number of thioether (sulfide) groups is 1. The molecule has 0 heterocycles. The Morgan fingerprint density at radius 2 is 1.68 bits per heavy atom. The first-order valence-electron chi connectivity index (χ1n) is 6.12. The van der Waals surface area contributed by atoms with Gasteiger partial charge in [-0.2, -0.15) is 0 Å². The summed E-state index contributed by atoms with van der Waals surface area (Å²) < 4.78 is 5.23. The van der Waals surface area contributed by atoms with Crippen LogP contribution in [0.15, 0.2) is 47.4 Å². The maximum atomic E-state index is 10.4. The summed E-state index contributed by atoms with van der Waals surface area (Å²) in [5.41, 5.74) is 2.82. The number of aliphatic hydroxyl groups is 1. The van der Waals surface area contributed by atoms with E-state index in [1.807, 2.05) is 55.6 Å². The first-order valence-corrected chi connectivity index (χ1v) is 7.34. The Balaban J connectivity index is 2.27. The van der Waals surface area contributed by atoms with Gasteiger partial charge in [-0.05, 0) is 54.1 Å². The summed E-state index contributed by atoms with van der Waals surface area (Å²) in [5, 5.41) is 10.4. The minimum Gasteiger partial charge on any atom is -0.496 e. The molecule has 2 rings (SSSR count). The molecule has 1 N–H and O–H groups in total. The Kier molecular flexibility index (Phi) is 4.51. The average molecular weight is 274 g/mol. The van der Waals surface area contributed by atoms with Crippen LogP contribution in [0.1, 0.15) is 22.8 Å². The predicted octanol–water partition coefficient (Wildman–Crippen LogP) is 3.81. The summed E-state index contributed by atoms with van der Waals surface area (Å²) in [5.74, 6) is 0.841. The Hall–Kier alpha value is -1.45. The maximum Gasteiger partial charge on any atom is 0.121 e. The van der Waals surface area contributed by atoms with Crippen molar-refractivity contribution < 1.29 is 9.84 Å². The molecule has 0 spiro atoms. The Labute approximate surface area is 118 Å². The third-order valence-electron chi connectivity index (χ3n) is 3.17. The number of benzene rings is 2. The molecule has 0 aromatic heterocycles. The minimum absolute atomic E-state index is 0.597. The fraction of sp³-hybridized carbons (Fsp3) is 0.250. The van der Waals surface area contributed by atoms with Gasteiger partial charge in [-0.15, -0.1) is 11.8 Å². The lowest BCUT2D eigenvalue weighted by atomic mass is 10.00. The summed E-state index contributed by atoms with van der Waals surface area (Å²) in [6.07, 6.45) is 1.44. The van der Waals surface area contributed by atoms with Crippen LogP contribution in [0, 0.1) is 6.92 Å². The highest BCUT2D eigenvalue weighted by Crippen LogP contribution is 2.27.